The van der Waals surface area contributed by atoms with E-state index >= 15 is 0 Å². The molecule has 6 rings (SSSR count). The van der Waals surface area contributed by atoms with Gasteiger partial charge in [0.15, 0.2) is 0 Å². The van der Waals surface area contributed by atoms with Crippen molar-refractivity contribution in [2.45, 2.75) is 50.2 Å². The summed E-state index contributed by atoms with van der Waals surface area (Å²) >= 11 is 6.60. The van der Waals surface area contributed by atoms with Crippen LogP contribution in [0.25, 0.3) is 22.2 Å². The van der Waals surface area contributed by atoms with Crippen LogP contribution in [0.15, 0.2) is 96.2 Å². The maximum absolute atomic E-state index is 13.6. The second-order valence-corrected chi connectivity index (χ2v) is 14.7. The molecule has 0 unspecified atom stereocenters. The smallest absolute Gasteiger partial charge is 0.412 e. The van der Waals surface area contributed by atoms with E-state index in [0.717, 1.165) is 0 Å². The number of piperidine rings is 1. The average Bonchev–Trinajstić information content (AvgIpc) is 3.46. The van der Waals surface area contributed by atoms with Crippen LogP contribution >= 0.6 is 11.6 Å². The van der Waals surface area contributed by atoms with Gasteiger partial charge in [0.2, 0.25) is 5.95 Å². The first-order valence-corrected chi connectivity index (χ1v) is 17.3. The Kier molecular flexibility index (Phi) is 9.13. The second-order valence-electron chi connectivity index (χ2n) is 12.5. The number of carbonyl (C=O) groups excluding carboxylic acids is 2. The maximum Gasteiger partial charge on any atom is 0.412 e. The van der Waals surface area contributed by atoms with Gasteiger partial charge in [-0.1, -0.05) is 48.0 Å². The summed E-state index contributed by atoms with van der Waals surface area (Å²) < 4.78 is 33.7. The van der Waals surface area contributed by atoms with Crippen LogP contribution in [0.1, 0.15) is 44.0 Å². The quantitative estimate of drug-likeness (QED) is 0.186. The molecule has 2 amide bonds. The number of benzene rings is 3. The number of hydrogen-bond acceptors (Lipinski definition) is 8. The molecule has 1 aliphatic heterocycles. The second kappa shape index (κ2) is 13.3. The molecule has 5 aromatic rings. The van der Waals surface area contributed by atoms with Gasteiger partial charge in [0, 0.05) is 47.5 Å². The molecular weight excluding hydrogens is 652 g/mol. The van der Waals surface area contributed by atoms with Crippen molar-refractivity contribution < 1.29 is 22.7 Å². The number of halogens is 1. The largest absolute Gasteiger partial charge is 0.444 e. The van der Waals surface area contributed by atoms with Gasteiger partial charge in [-0.3, -0.25) is 10.1 Å². The predicted molar refractivity (Wildman–Crippen MR) is 186 cm³/mol. The van der Waals surface area contributed by atoms with Crippen LogP contribution in [0.4, 0.5) is 16.4 Å². The van der Waals surface area contributed by atoms with Crippen LogP contribution in [0.5, 0.6) is 0 Å². The zero-order valence-corrected chi connectivity index (χ0v) is 28.3. The van der Waals surface area contributed by atoms with E-state index in [4.69, 9.17) is 21.3 Å². The van der Waals surface area contributed by atoms with Crippen LogP contribution in [-0.2, 0) is 14.8 Å². The molecule has 0 spiro atoms. The Hall–Kier alpha value is -4.94. The number of likely N-dealkylation sites (tertiary alicyclic amines) is 1. The van der Waals surface area contributed by atoms with Gasteiger partial charge in [-0.15, -0.1) is 0 Å². The Bertz CT molecular complexity index is 2070. The average molecular weight is 687 g/mol. The van der Waals surface area contributed by atoms with E-state index in [1.54, 1.807) is 98.6 Å². The van der Waals surface area contributed by atoms with Crippen molar-refractivity contribution in [3.05, 3.63) is 102 Å². The van der Waals surface area contributed by atoms with Crippen LogP contribution in [0.3, 0.4) is 0 Å². The van der Waals surface area contributed by atoms with Crippen molar-refractivity contribution in [1.82, 2.24) is 18.8 Å². The summed E-state index contributed by atoms with van der Waals surface area (Å²) in [6.07, 6.45) is 3.83. The number of nitrogens with one attached hydrogen (secondary N) is 2. The monoisotopic (exact) mass is 686 g/mol. The van der Waals surface area contributed by atoms with Gasteiger partial charge >= 0.3 is 6.09 Å². The minimum absolute atomic E-state index is 0.00304. The van der Waals surface area contributed by atoms with Crippen LogP contribution < -0.4 is 10.6 Å². The maximum atomic E-state index is 13.6. The minimum atomic E-state index is -3.88. The Morgan fingerprint density at radius 2 is 1.60 bits per heavy atom. The summed E-state index contributed by atoms with van der Waals surface area (Å²) in [5.41, 5.74) is 1.92. The van der Waals surface area contributed by atoms with Crippen molar-refractivity contribution in [1.29, 1.82) is 0 Å². The SMILES string of the molecule is CC(C)(C)OC(=O)Nc1ccc(C(=O)N2CCC(Nc3ncc(Cl)c(-c4cn(S(=O)(=O)c5ccccc5)c5ccccc45)n3)CC2)cc1. The van der Waals surface area contributed by atoms with E-state index in [2.05, 4.69) is 15.6 Å². The molecular formula is C35H35ClN6O5S. The number of para-hydroxylation sites is 1. The minimum Gasteiger partial charge on any atom is -0.444 e. The standard InChI is InChI=1S/C35H35ClN6O5S/c1-35(2,3)47-34(44)39-24-15-13-23(14-16-24)32(43)41-19-17-25(18-20-41)38-33-37-21-29(36)31(40-33)28-22-42(30-12-8-7-11-27(28)30)48(45,46)26-9-5-4-6-10-26/h4-16,21-22,25H,17-20H2,1-3H3,(H,39,44)(H,37,38,40). The molecule has 3 heterocycles. The Morgan fingerprint density at radius 3 is 2.29 bits per heavy atom. The number of aromatic nitrogens is 3. The molecule has 3 aromatic carbocycles. The number of amides is 2. The Labute approximate surface area is 284 Å². The summed E-state index contributed by atoms with van der Waals surface area (Å²) in [6, 6.07) is 22.2. The van der Waals surface area contributed by atoms with Crippen molar-refractivity contribution >= 4 is 56.2 Å². The topological polar surface area (TPSA) is 136 Å². The van der Waals surface area contributed by atoms with Gasteiger partial charge in [-0.05, 0) is 76.1 Å². The Morgan fingerprint density at radius 1 is 0.938 bits per heavy atom. The highest BCUT2D eigenvalue weighted by Crippen LogP contribution is 2.36. The molecule has 2 N–H and O–H groups in total. The van der Waals surface area contributed by atoms with E-state index in [-0.39, 0.29) is 21.9 Å². The van der Waals surface area contributed by atoms with Crippen LogP contribution in [0, 0.1) is 0 Å². The summed E-state index contributed by atoms with van der Waals surface area (Å²) in [5.74, 6) is 0.263. The molecule has 1 aliphatic rings. The molecule has 1 fully saturated rings. The van der Waals surface area contributed by atoms with Gasteiger partial charge in [-0.2, -0.15) is 0 Å². The van der Waals surface area contributed by atoms with Gasteiger partial charge in [0.1, 0.15) is 5.60 Å². The molecule has 1 saturated heterocycles. The van der Waals surface area contributed by atoms with Crippen molar-refractivity contribution in [2.24, 2.45) is 0 Å². The first-order chi connectivity index (χ1) is 22.9. The lowest BCUT2D eigenvalue weighted by atomic mass is 10.0. The highest BCUT2D eigenvalue weighted by Gasteiger charge is 2.26. The van der Waals surface area contributed by atoms with Crippen LogP contribution in [0.2, 0.25) is 5.02 Å². The fraction of sp³-hybridized carbons (Fsp3) is 0.257. The van der Waals surface area contributed by atoms with Crippen molar-refractivity contribution in [2.75, 3.05) is 23.7 Å². The van der Waals surface area contributed by atoms with E-state index < -0.39 is 21.7 Å². The fourth-order valence-electron chi connectivity index (χ4n) is 5.58. The zero-order valence-electron chi connectivity index (χ0n) is 26.7. The van der Waals surface area contributed by atoms with Gasteiger partial charge in [0.05, 0.1) is 27.3 Å². The molecule has 0 bridgehead atoms. The summed E-state index contributed by atoms with van der Waals surface area (Å²) in [5, 5.41) is 7.02. The first-order valence-electron chi connectivity index (χ1n) is 15.5. The normalized spacial score (nSPS) is 14.1. The van der Waals surface area contributed by atoms with E-state index in [1.165, 1.54) is 10.2 Å². The van der Waals surface area contributed by atoms with Gasteiger partial charge in [-0.25, -0.2) is 27.2 Å². The highest BCUT2D eigenvalue weighted by atomic mass is 35.5. The number of ether oxygens (including phenoxy) is 1. The third-order valence-electron chi connectivity index (χ3n) is 7.87. The number of carbonyl (C=O) groups is 2. The lowest BCUT2D eigenvalue weighted by molar-refractivity contribution is 0.0635. The Balaban J connectivity index is 1.13. The van der Waals surface area contributed by atoms with E-state index in [1.807, 2.05) is 12.1 Å². The number of anilines is 2. The highest BCUT2D eigenvalue weighted by molar-refractivity contribution is 7.90. The lowest BCUT2D eigenvalue weighted by Gasteiger charge is -2.32. The number of nitrogens with zero attached hydrogens (tertiary/aromatic N) is 4. The molecule has 2 aromatic heterocycles. The molecule has 48 heavy (non-hydrogen) atoms. The molecule has 13 heteroatoms. The molecule has 0 aliphatic carbocycles. The molecule has 0 saturated carbocycles. The van der Waals surface area contributed by atoms with Crippen molar-refractivity contribution in [3.8, 4) is 11.3 Å². The van der Waals surface area contributed by atoms with Gasteiger partial charge < -0.3 is 15.0 Å². The third kappa shape index (κ3) is 7.14. The lowest BCUT2D eigenvalue weighted by Crippen LogP contribution is -2.42. The molecule has 0 radical (unpaired) electrons. The summed E-state index contributed by atoms with van der Waals surface area (Å²) in [6.45, 7) is 6.42. The summed E-state index contributed by atoms with van der Waals surface area (Å²) in [4.78, 5) is 36.3. The first kappa shape index (κ1) is 33.0. The molecule has 11 nitrogen and oxygen atoms in total. The van der Waals surface area contributed by atoms with Crippen LogP contribution in [-0.4, -0.2) is 64.0 Å². The molecule has 248 valence electrons. The predicted octanol–water partition coefficient (Wildman–Crippen LogP) is 7.05. The fourth-order valence-corrected chi connectivity index (χ4v) is 7.16. The van der Waals surface area contributed by atoms with Crippen molar-refractivity contribution in [3.63, 3.8) is 0 Å². The number of rotatable bonds is 7. The number of fused-ring (bicyclic) bond motifs is 1. The van der Waals surface area contributed by atoms with Gasteiger partial charge in [0.25, 0.3) is 15.9 Å². The summed E-state index contributed by atoms with van der Waals surface area (Å²) in [7, 11) is -3.88. The van der Waals surface area contributed by atoms with E-state index in [9.17, 15) is 18.0 Å². The number of hydrogen-bond donors (Lipinski definition) is 2. The molecule has 0 atom stereocenters. The van der Waals surface area contributed by atoms with E-state index in [0.29, 0.717) is 65.3 Å². The zero-order chi connectivity index (χ0) is 34.1. The third-order valence-corrected chi connectivity index (χ3v) is 9.83.